The highest BCUT2D eigenvalue weighted by Crippen LogP contribution is 2.27. The van der Waals surface area contributed by atoms with Gasteiger partial charge >= 0.3 is 6.09 Å². The van der Waals surface area contributed by atoms with Gasteiger partial charge in [-0.3, -0.25) is 9.08 Å². The lowest BCUT2D eigenvalue weighted by molar-refractivity contribution is 0.0299. The molecule has 0 aliphatic carbocycles. The predicted molar refractivity (Wildman–Crippen MR) is 110 cm³/mol. The summed E-state index contributed by atoms with van der Waals surface area (Å²) in [5, 5.41) is 0. The van der Waals surface area contributed by atoms with Gasteiger partial charge < -0.3 is 15.2 Å². The Morgan fingerprint density at radius 3 is 2.43 bits per heavy atom. The largest absolute Gasteiger partial charge is 0.492 e. The van der Waals surface area contributed by atoms with Gasteiger partial charge in [0.25, 0.3) is 10.1 Å². The Kier molecular flexibility index (Phi) is 8.77. The van der Waals surface area contributed by atoms with Crippen molar-refractivity contribution in [3.05, 3.63) is 40.6 Å². The topological polar surface area (TPSA) is 108 Å². The minimum absolute atomic E-state index is 0.0536. The van der Waals surface area contributed by atoms with Gasteiger partial charge in [0.2, 0.25) is 0 Å². The third-order valence-corrected chi connectivity index (χ3v) is 4.36. The number of amides is 1. The fourth-order valence-electron chi connectivity index (χ4n) is 1.99. The van der Waals surface area contributed by atoms with E-state index in [4.69, 9.17) is 15.2 Å². The van der Waals surface area contributed by atoms with Crippen LogP contribution in [-0.4, -0.2) is 44.5 Å². The van der Waals surface area contributed by atoms with E-state index in [1.807, 2.05) is 0 Å². The molecule has 8 nitrogen and oxygen atoms in total. The molecule has 0 spiro atoms. The van der Waals surface area contributed by atoms with E-state index in [1.165, 1.54) is 4.90 Å². The summed E-state index contributed by atoms with van der Waals surface area (Å²) >= 11 is 3.42. The first kappa shape index (κ1) is 24.3. The molecule has 158 valence electrons. The van der Waals surface area contributed by atoms with E-state index in [0.717, 1.165) is 11.8 Å². The van der Waals surface area contributed by atoms with Crippen molar-refractivity contribution >= 4 is 32.1 Å². The van der Waals surface area contributed by atoms with Crippen LogP contribution in [0.3, 0.4) is 0 Å². The van der Waals surface area contributed by atoms with Crippen molar-refractivity contribution in [3.8, 4) is 5.75 Å². The average Bonchev–Trinajstić information content (AvgIpc) is 2.50. The van der Waals surface area contributed by atoms with E-state index in [1.54, 1.807) is 39.0 Å². The fraction of sp³-hybridized carbons (Fsp3) is 0.500. The van der Waals surface area contributed by atoms with Crippen molar-refractivity contribution in [2.24, 2.45) is 5.73 Å². The van der Waals surface area contributed by atoms with Crippen LogP contribution in [0.25, 0.3) is 0 Å². The molecule has 0 radical (unpaired) electrons. The maximum absolute atomic E-state index is 12.3. The molecule has 0 heterocycles. The summed E-state index contributed by atoms with van der Waals surface area (Å²) in [7, 11) is -3.44. The maximum Gasteiger partial charge on any atom is 0.416 e. The molecular weight excluding hydrogens is 452 g/mol. The zero-order valence-electron chi connectivity index (χ0n) is 16.5. The molecule has 0 saturated heterocycles. The normalized spacial score (nSPS) is 11.8. The molecule has 0 aliphatic rings. The summed E-state index contributed by atoms with van der Waals surface area (Å²) in [6.07, 6.45) is 0.836. The van der Waals surface area contributed by atoms with Gasteiger partial charge in [0.1, 0.15) is 17.2 Å². The number of hydrogen-bond donors (Lipinski definition) is 1. The second-order valence-electron chi connectivity index (χ2n) is 7.05. The minimum atomic E-state index is -3.44. The molecule has 0 bridgehead atoms. The molecule has 1 aromatic carbocycles. The van der Waals surface area contributed by atoms with Crippen LogP contribution in [0.5, 0.6) is 5.75 Å². The van der Waals surface area contributed by atoms with Gasteiger partial charge in [-0.15, -0.1) is 0 Å². The van der Waals surface area contributed by atoms with Crippen molar-refractivity contribution in [2.45, 2.75) is 39.3 Å². The summed E-state index contributed by atoms with van der Waals surface area (Å²) in [6, 6.07) is 5.32. The Balaban J connectivity index is 2.69. The number of halogens is 1. The first-order valence-corrected chi connectivity index (χ1v) is 11.1. The molecule has 0 fully saturated rings. The van der Waals surface area contributed by atoms with Gasteiger partial charge in [0, 0.05) is 6.42 Å². The van der Waals surface area contributed by atoms with Crippen molar-refractivity contribution in [1.29, 1.82) is 0 Å². The third kappa shape index (κ3) is 9.43. The number of nitrogens with two attached hydrogens (primary N) is 1. The number of nitrogens with zero attached hydrogens (tertiary/aromatic N) is 1. The molecule has 0 saturated carbocycles. The van der Waals surface area contributed by atoms with Crippen LogP contribution in [0, 0.1) is 0 Å². The first-order chi connectivity index (χ1) is 12.8. The average molecular weight is 479 g/mol. The van der Waals surface area contributed by atoms with Gasteiger partial charge in [0.15, 0.2) is 0 Å². The second kappa shape index (κ2) is 10.1. The van der Waals surface area contributed by atoms with E-state index in [2.05, 4.69) is 26.7 Å². The van der Waals surface area contributed by atoms with Crippen LogP contribution in [0.2, 0.25) is 0 Å². The second-order valence-corrected chi connectivity index (χ2v) is 9.55. The third-order valence-electron chi connectivity index (χ3n) is 3.14. The standard InChI is InChI=1S/C18H27BrN2O6S/c1-13(20)21(17(22)27-18(2,3)4)12-14-7-8-16(15(19)11-14)25-9-6-10-26-28(5,23)24/h7-8,11H,1,6,9-10,12,20H2,2-5H3. The molecule has 0 atom stereocenters. The highest BCUT2D eigenvalue weighted by Gasteiger charge is 2.23. The number of benzene rings is 1. The Morgan fingerprint density at radius 2 is 1.93 bits per heavy atom. The number of ether oxygens (including phenoxy) is 2. The predicted octanol–water partition coefficient (Wildman–Crippen LogP) is 3.36. The number of rotatable bonds is 9. The van der Waals surface area contributed by atoms with E-state index in [9.17, 15) is 13.2 Å². The smallest absolute Gasteiger partial charge is 0.416 e. The molecule has 2 N–H and O–H groups in total. The summed E-state index contributed by atoms with van der Waals surface area (Å²) in [5.74, 6) is 0.662. The minimum Gasteiger partial charge on any atom is -0.492 e. The lowest BCUT2D eigenvalue weighted by atomic mass is 10.2. The monoisotopic (exact) mass is 478 g/mol. The van der Waals surface area contributed by atoms with Crippen molar-refractivity contribution in [1.82, 2.24) is 4.90 Å². The molecule has 1 amide bonds. The molecule has 1 aromatic rings. The number of carbonyl (C=O) groups excluding carboxylic acids is 1. The van der Waals surface area contributed by atoms with Crippen LogP contribution in [0.15, 0.2) is 35.1 Å². The van der Waals surface area contributed by atoms with E-state index in [-0.39, 0.29) is 25.6 Å². The number of hydrogen-bond acceptors (Lipinski definition) is 7. The van der Waals surface area contributed by atoms with E-state index < -0.39 is 21.8 Å². The first-order valence-electron chi connectivity index (χ1n) is 8.49. The highest BCUT2D eigenvalue weighted by atomic mass is 79.9. The molecular formula is C18H27BrN2O6S. The quantitative estimate of drug-likeness (QED) is 0.427. The van der Waals surface area contributed by atoms with Crippen molar-refractivity contribution in [3.63, 3.8) is 0 Å². The van der Waals surface area contributed by atoms with E-state index in [0.29, 0.717) is 16.6 Å². The Labute approximate surface area is 174 Å². The summed E-state index contributed by atoms with van der Waals surface area (Å²) in [6.45, 7) is 9.47. The van der Waals surface area contributed by atoms with Crippen LogP contribution in [0.1, 0.15) is 32.8 Å². The summed E-state index contributed by atoms with van der Waals surface area (Å²) in [4.78, 5) is 13.5. The Bertz CT molecular complexity index is 805. The Hall–Kier alpha value is -1.78. The molecule has 0 aromatic heterocycles. The summed E-state index contributed by atoms with van der Waals surface area (Å²) in [5.41, 5.74) is 5.88. The van der Waals surface area contributed by atoms with Crippen LogP contribution in [-0.2, 0) is 25.6 Å². The van der Waals surface area contributed by atoms with Gasteiger partial charge in [-0.25, -0.2) is 4.79 Å². The van der Waals surface area contributed by atoms with Crippen molar-refractivity contribution in [2.75, 3.05) is 19.5 Å². The van der Waals surface area contributed by atoms with Gasteiger partial charge in [-0.05, 0) is 54.4 Å². The zero-order valence-corrected chi connectivity index (χ0v) is 18.9. The maximum atomic E-state index is 12.3. The van der Waals surface area contributed by atoms with Gasteiger partial charge in [-0.1, -0.05) is 12.6 Å². The van der Waals surface area contributed by atoms with Crippen LogP contribution in [0.4, 0.5) is 4.79 Å². The Morgan fingerprint density at radius 1 is 1.29 bits per heavy atom. The SMILES string of the molecule is C=C(N)N(Cc1ccc(OCCCOS(C)(=O)=O)c(Br)c1)C(=O)OC(C)(C)C. The highest BCUT2D eigenvalue weighted by molar-refractivity contribution is 9.10. The van der Waals surface area contributed by atoms with Gasteiger partial charge in [0.05, 0.1) is 30.5 Å². The molecule has 28 heavy (non-hydrogen) atoms. The van der Waals surface area contributed by atoms with Gasteiger partial charge in [-0.2, -0.15) is 8.42 Å². The van der Waals surface area contributed by atoms with E-state index >= 15 is 0 Å². The van der Waals surface area contributed by atoms with Crippen LogP contribution < -0.4 is 10.5 Å². The lowest BCUT2D eigenvalue weighted by Crippen LogP contribution is -2.37. The molecule has 0 aliphatic heterocycles. The lowest BCUT2D eigenvalue weighted by Gasteiger charge is -2.27. The molecule has 10 heteroatoms. The number of carbonyl (C=O) groups is 1. The fourth-order valence-corrected chi connectivity index (χ4v) is 2.96. The summed E-state index contributed by atoms with van der Waals surface area (Å²) < 4.78 is 38.1. The molecule has 1 rings (SSSR count). The molecule has 0 unspecified atom stereocenters. The van der Waals surface area contributed by atoms with Crippen molar-refractivity contribution < 1.29 is 26.9 Å². The zero-order chi connectivity index (χ0) is 21.5. The van der Waals surface area contributed by atoms with Crippen LogP contribution >= 0.6 is 15.9 Å².